The fourth-order valence-corrected chi connectivity index (χ4v) is 4.08. The van der Waals surface area contributed by atoms with Crippen LogP contribution in [0.3, 0.4) is 0 Å². The number of benzene rings is 1. The number of carbonyl (C=O) groups excluding carboxylic acids is 1. The van der Waals surface area contributed by atoms with E-state index >= 15 is 0 Å². The van der Waals surface area contributed by atoms with Crippen LogP contribution in [0, 0.1) is 17.6 Å². The standard InChI is InChI=1S/C21H31F2N3O/c1-24-11-13-25(14-12-24)10-8-21(27)26-9-2-3-18(16-26)5-4-17-6-7-19(22)20(23)15-17/h6-7,15,18H,2-5,8-14,16H2,1H3/t18-/m1/s1. The van der Waals surface area contributed by atoms with Crippen molar-refractivity contribution < 1.29 is 13.6 Å². The minimum Gasteiger partial charge on any atom is -0.342 e. The number of carbonyl (C=O) groups is 1. The Morgan fingerprint density at radius 1 is 1.11 bits per heavy atom. The lowest BCUT2D eigenvalue weighted by atomic mass is 9.91. The van der Waals surface area contributed by atoms with Gasteiger partial charge in [-0.1, -0.05) is 6.07 Å². The average molecular weight is 379 g/mol. The first-order valence-corrected chi connectivity index (χ1v) is 10.1. The lowest BCUT2D eigenvalue weighted by Gasteiger charge is -2.35. The van der Waals surface area contributed by atoms with Crippen LogP contribution in [0.5, 0.6) is 0 Å². The van der Waals surface area contributed by atoms with E-state index in [2.05, 4.69) is 16.8 Å². The predicted molar refractivity (Wildman–Crippen MR) is 103 cm³/mol. The molecule has 0 radical (unpaired) electrons. The Morgan fingerprint density at radius 2 is 1.89 bits per heavy atom. The van der Waals surface area contributed by atoms with Crippen molar-refractivity contribution in [1.82, 2.24) is 14.7 Å². The Hall–Kier alpha value is -1.53. The Bertz CT molecular complexity index is 632. The van der Waals surface area contributed by atoms with E-state index in [4.69, 9.17) is 0 Å². The zero-order valence-electron chi connectivity index (χ0n) is 16.3. The second kappa shape index (κ2) is 9.60. The molecular formula is C21H31F2N3O. The zero-order valence-corrected chi connectivity index (χ0v) is 16.3. The van der Waals surface area contributed by atoms with Crippen LogP contribution in [0.1, 0.15) is 31.2 Å². The van der Waals surface area contributed by atoms with Crippen molar-refractivity contribution in [2.24, 2.45) is 5.92 Å². The van der Waals surface area contributed by atoms with Crippen molar-refractivity contribution in [1.29, 1.82) is 0 Å². The number of rotatable bonds is 6. The van der Waals surface area contributed by atoms with Crippen molar-refractivity contribution >= 4 is 5.91 Å². The molecule has 1 amide bonds. The first-order valence-electron chi connectivity index (χ1n) is 10.1. The molecule has 1 aromatic carbocycles. The molecule has 0 spiro atoms. The Morgan fingerprint density at radius 3 is 2.63 bits per heavy atom. The fourth-order valence-electron chi connectivity index (χ4n) is 4.08. The van der Waals surface area contributed by atoms with Gasteiger partial charge in [0.05, 0.1) is 0 Å². The molecule has 1 aromatic rings. The molecule has 1 atom stereocenters. The Kier molecular flexibility index (Phi) is 7.19. The number of piperidine rings is 1. The molecule has 6 heteroatoms. The van der Waals surface area contributed by atoms with Gasteiger partial charge in [-0.25, -0.2) is 8.78 Å². The van der Waals surface area contributed by atoms with Crippen LogP contribution in [0.2, 0.25) is 0 Å². The molecule has 4 nitrogen and oxygen atoms in total. The molecule has 2 aliphatic heterocycles. The van der Waals surface area contributed by atoms with Gasteiger partial charge in [0.25, 0.3) is 0 Å². The van der Waals surface area contributed by atoms with Crippen LogP contribution >= 0.6 is 0 Å². The van der Waals surface area contributed by atoms with Gasteiger partial charge in [-0.2, -0.15) is 0 Å². The van der Waals surface area contributed by atoms with E-state index in [0.29, 0.717) is 12.3 Å². The number of likely N-dealkylation sites (N-methyl/N-ethyl adjacent to an activating group) is 1. The lowest BCUT2D eigenvalue weighted by molar-refractivity contribution is -0.133. The maximum Gasteiger partial charge on any atom is 0.223 e. The SMILES string of the molecule is CN1CCN(CCC(=O)N2CCC[C@H](CCc3ccc(F)c(F)c3)C2)CC1. The topological polar surface area (TPSA) is 26.8 Å². The van der Waals surface area contributed by atoms with Gasteiger partial charge in [-0.05, 0) is 56.3 Å². The summed E-state index contributed by atoms with van der Waals surface area (Å²) in [6.07, 6.45) is 4.37. The maximum absolute atomic E-state index is 13.3. The van der Waals surface area contributed by atoms with Gasteiger partial charge in [-0.3, -0.25) is 4.79 Å². The molecule has 3 rings (SSSR count). The number of halogens is 2. The summed E-state index contributed by atoms with van der Waals surface area (Å²) >= 11 is 0. The van der Waals surface area contributed by atoms with Gasteiger partial charge < -0.3 is 14.7 Å². The summed E-state index contributed by atoms with van der Waals surface area (Å²) in [6, 6.07) is 4.14. The lowest BCUT2D eigenvalue weighted by Crippen LogP contribution is -2.46. The predicted octanol–water partition coefficient (Wildman–Crippen LogP) is 2.77. The summed E-state index contributed by atoms with van der Waals surface area (Å²) in [5.74, 6) is -0.878. The molecule has 2 aliphatic rings. The van der Waals surface area contributed by atoms with E-state index < -0.39 is 11.6 Å². The zero-order chi connectivity index (χ0) is 19.2. The summed E-state index contributed by atoms with van der Waals surface area (Å²) < 4.78 is 26.4. The highest BCUT2D eigenvalue weighted by Crippen LogP contribution is 2.23. The number of hydrogen-bond acceptors (Lipinski definition) is 3. The molecule has 0 N–H and O–H groups in total. The molecule has 2 fully saturated rings. The highest BCUT2D eigenvalue weighted by molar-refractivity contribution is 5.76. The van der Waals surface area contributed by atoms with Crippen molar-refractivity contribution in [3.63, 3.8) is 0 Å². The normalized spacial score (nSPS) is 22.2. The van der Waals surface area contributed by atoms with E-state index in [1.807, 2.05) is 4.90 Å². The third-order valence-electron chi connectivity index (χ3n) is 5.93. The van der Waals surface area contributed by atoms with Gasteiger partial charge >= 0.3 is 0 Å². The minimum atomic E-state index is -0.798. The van der Waals surface area contributed by atoms with E-state index in [-0.39, 0.29) is 5.91 Å². The van der Waals surface area contributed by atoms with Gasteiger partial charge in [-0.15, -0.1) is 0 Å². The molecule has 0 aliphatic carbocycles. The molecule has 0 unspecified atom stereocenters. The number of hydrogen-bond donors (Lipinski definition) is 0. The first kappa shape index (κ1) is 20.2. The van der Waals surface area contributed by atoms with Crippen LogP contribution in [-0.4, -0.2) is 73.5 Å². The number of aryl methyl sites for hydroxylation is 1. The van der Waals surface area contributed by atoms with Gasteiger partial charge in [0.15, 0.2) is 11.6 Å². The van der Waals surface area contributed by atoms with E-state index in [0.717, 1.165) is 77.1 Å². The smallest absolute Gasteiger partial charge is 0.223 e. The minimum absolute atomic E-state index is 0.256. The number of likely N-dealkylation sites (tertiary alicyclic amines) is 1. The van der Waals surface area contributed by atoms with Crippen molar-refractivity contribution in [2.45, 2.75) is 32.1 Å². The van der Waals surface area contributed by atoms with Crippen LogP contribution in [-0.2, 0) is 11.2 Å². The number of piperazine rings is 1. The second-order valence-electron chi connectivity index (χ2n) is 8.03. The third-order valence-corrected chi connectivity index (χ3v) is 5.93. The third kappa shape index (κ3) is 5.98. The molecule has 2 heterocycles. The molecule has 27 heavy (non-hydrogen) atoms. The first-order chi connectivity index (χ1) is 13.0. The van der Waals surface area contributed by atoms with Gasteiger partial charge in [0.1, 0.15) is 0 Å². The summed E-state index contributed by atoms with van der Waals surface area (Å²) in [5.41, 5.74) is 0.826. The summed E-state index contributed by atoms with van der Waals surface area (Å²) in [5, 5.41) is 0. The van der Waals surface area contributed by atoms with E-state index in [9.17, 15) is 13.6 Å². The van der Waals surface area contributed by atoms with E-state index in [1.54, 1.807) is 6.07 Å². The largest absolute Gasteiger partial charge is 0.342 e. The van der Waals surface area contributed by atoms with E-state index in [1.165, 1.54) is 12.1 Å². The summed E-state index contributed by atoms with van der Waals surface area (Å²) in [7, 11) is 2.14. The molecule has 0 saturated carbocycles. The number of amides is 1. The highest BCUT2D eigenvalue weighted by Gasteiger charge is 2.24. The number of nitrogens with zero attached hydrogens (tertiary/aromatic N) is 3. The van der Waals surface area contributed by atoms with Crippen LogP contribution in [0.15, 0.2) is 18.2 Å². The Labute approximate surface area is 161 Å². The summed E-state index contributed by atoms with van der Waals surface area (Å²) in [4.78, 5) is 19.3. The quantitative estimate of drug-likeness (QED) is 0.761. The van der Waals surface area contributed by atoms with Gasteiger partial charge in [0.2, 0.25) is 5.91 Å². The second-order valence-corrected chi connectivity index (χ2v) is 8.03. The molecule has 0 bridgehead atoms. The summed E-state index contributed by atoms with van der Waals surface area (Å²) in [6.45, 7) is 6.73. The van der Waals surface area contributed by atoms with Crippen molar-refractivity contribution in [3.05, 3.63) is 35.4 Å². The Balaban J connectivity index is 1.41. The average Bonchev–Trinajstić information content (AvgIpc) is 2.68. The monoisotopic (exact) mass is 379 g/mol. The molecular weight excluding hydrogens is 348 g/mol. The van der Waals surface area contributed by atoms with Crippen LogP contribution < -0.4 is 0 Å². The maximum atomic E-state index is 13.3. The van der Waals surface area contributed by atoms with Gasteiger partial charge in [0, 0.05) is 52.2 Å². The highest BCUT2D eigenvalue weighted by atomic mass is 19.2. The molecule has 0 aromatic heterocycles. The van der Waals surface area contributed by atoms with Crippen LogP contribution in [0.4, 0.5) is 8.78 Å². The van der Waals surface area contributed by atoms with Crippen molar-refractivity contribution in [3.8, 4) is 0 Å². The molecule has 150 valence electrons. The molecule has 2 saturated heterocycles. The van der Waals surface area contributed by atoms with Crippen LogP contribution in [0.25, 0.3) is 0 Å². The van der Waals surface area contributed by atoms with Crippen molar-refractivity contribution in [2.75, 3.05) is 52.9 Å². The fraction of sp³-hybridized carbons (Fsp3) is 0.667.